The maximum Gasteiger partial charge on any atom is 0.331 e. The van der Waals surface area contributed by atoms with Gasteiger partial charge in [-0.15, -0.1) is 0 Å². The van der Waals surface area contributed by atoms with Crippen molar-refractivity contribution < 1.29 is 35.9 Å². The van der Waals surface area contributed by atoms with E-state index in [2.05, 4.69) is 9.44 Å². The van der Waals surface area contributed by atoms with Crippen LogP contribution < -0.4 is 9.44 Å². The van der Waals surface area contributed by atoms with Crippen LogP contribution in [0.1, 0.15) is 75.3 Å². The lowest BCUT2D eigenvalue weighted by molar-refractivity contribution is -0.141. The van der Waals surface area contributed by atoms with Crippen LogP contribution in [0.4, 0.5) is 0 Å². The normalized spacial score (nSPS) is 17.9. The molecular formula is C36H50N2O8S2. The Morgan fingerprint density at radius 1 is 0.604 bits per heavy atom. The number of carbonyl (C=O) groups excluding carboxylic acids is 2. The van der Waals surface area contributed by atoms with Gasteiger partial charge in [0.15, 0.2) is 0 Å². The summed E-state index contributed by atoms with van der Waals surface area (Å²) >= 11 is 0. The SMILES string of the molecule is O=C(/C=C/C(=O)OC[C@@H](Cc1ccccc1)NS(=O)(=O)CC1CCCCC1)OC[C@@H](Cc1ccccc1)NS(=O)(=O)CC1CCCCC1. The molecule has 0 aromatic heterocycles. The van der Waals surface area contributed by atoms with E-state index < -0.39 is 44.1 Å². The highest BCUT2D eigenvalue weighted by Gasteiger charge is 2.26. The molecule has 0 radical (unpaired) electrons. The van der Waals surface area contributed by atoms with Gasteiger partial charge in [0.1, 0.15) is 13.2 Å². The molecule has 0 spiro atoms. The van der Waals surface area contributed by atoms with E-state index in [-0.39, 0.29) is 36.6 Å². The van der Waals surface area contributed by atoms with Gasteiger partial charge in [0.25, 0.3) is 0 Å². The second-order valence-corrected chi connectivity index (χ2v) is 16.8. The summed E-state index contributed by atoms with van der Waals surface area (Å²) in [5, 5.41) is 0. The number of rotatable bonds is 18. The topological polar surface area (TPSA) is 145 Å². The first-order chi connectivity index (χ1) is 23.1. The van der Waals surface area contributed by atoms with Gasteiger partial charge >= 0.3 is 11.9 Å². The van der Waals surface area contributed by atoms with Gasteiger partial charge in [-0.05, 0) is 61.5 Å². The van der Waals surface area contributed by atoms with E-state index in [1.54, 1.807) is 0 Å². The van der Waals surface area contributed by atoms with Crippen LogP contribution in [0.3, 0.4) is 0 Å². The van der Waals surface area contributed by atoms with Crippen molar-refractivity contribution in [3.63, 3.8) is 0 Å². The van der Waals surface area contributed by atoms with Crippen LogP contribution in [0, 0.1) is 11.8 Å². The summed E-state index contributed by atoms with van der Waals surface area (Å²) < 4.78 is 68.2. The number of nitrogens with one attached hydrogen (secondary N) is 2. The lowest BCUT2D eigenvalue weighted by Crippen LogP contribution is -2.42. The Morgan fingerprint density at radius 3 is 1.31 bits per heavy atom. The average molecular weight is 703 g/mol. The van der Waals surface area contributed by atoms with Gasteiger partial charge in [-0.3, -0.25) is 0 Å². The van der Waals surface area contributed by atoms with Gasteiger partial charge in [-0.1, -0.05) is 99.2 Å². The number of esters is 2. The molecule has 12 heteroatoms. The molecule has 0 aliphatic heterocycles. The third kappa shape index (κ3) is 14.6. The summed E-state index contributed by atoms with van der Waals surface area (Å²) in [7, 11) is -7.23. The standard InChI is InChI=1S/C36H50N2O8S2/c39-35(45-25-33(23-29-13-5-1-6-14-29)37-47(41,42)27-31-17-9-3-10-18-31)21-22-36(40)46-26-34(24-30-15-7-2-8-16-30)38-48(43,44)28-32-19-11-4-12-20-32/h1-2,5-8,13-16,21-22,31-34,37-38H,3-4,9-12,17-20,23-28H2/b22-21+/t33-,34-/m1/s1. The van der Waals surface area contributed by atoms with E-state index in [0.717, 1.165) is 87.5 Å². The Bertz CT molecular complexity index is 1400. The van der Waals surface area contributed by atoms with Crippen molar-refractivity contribution in [2.24, 2.45) is 11.8 Å². The quantitative estimate of drug-likeness (QED) is 0.166. The molecule has 2 aromatic carbocycles. The Kier molecular flexibility index (Phi) is 15.1. The summed E-state index contributed by atoms with van der Waals surface area (Å²) in [4.78, 5) is 25.1. The molecule has 2 aliphatic rings. The zero-order chi connectivity index (χ0) is 34.2. The Hall–Kier alpha value is -3.06. The van der Waals surface area contributed by atoms with Crippen LogP contribution in [0.2, 0.25) is 0 Å². The number of carbonyl (C=O) groups is 2. The monoisotopic (exact) mass is 702 g/mol. The van der Waals surface area contributed by atoms with Crippen LogP contribution in [0.5, 0.6) is 0 Å². The second-order valence-electron chi connectivity index (χ2n) is 13.2. The Morgan fingerprint density at radius 2 is 0.958 bits per heavy atom. The number of hydrogen-bond acceptors (Lipinski definition) is 8. The number of ether oxygens (including phenoxy) is 2. The maximum atomic E-state index is 13.0. The number of benzene rings is 2. The molecule has 0 bridgehead atoms. The highest BCUT2D eigenvalue weighted by Crippen LogP contribution is 2.26. The summed E-state index contributed by atoms with van der Waals surface area (Å²) in [5.74, 6) is -1.34. The fourth-order valence-corrected chi connectivity index (χ4v) is 10.0. The van der Waals surface area contributed by atoms with Gasteiger partial charge < -0.3 is 9.47 Å². The molecule has 0 amide bonds. The smallest absolute Gasteiger partial charge is 0.331 e. The lowest BCUT2D eigenvalue weighted by Gasteiger charge is -2.24. The molecule has 2 atom stereocenters. The molecule has 48 heavy (non-hydrogen) atoms. The zero-order valence-electron chi connectivity index (χ0n) is 27.6. The van der Waals surface area contributed by atoms with Crippen LogP contribution in [-0.2, 0) is 52.0 Å². The minimum absolute atomic E-state index is 0.0417. The number of hydrogen-bond donors (Lipinski definition) is 2. The molecule has 10 nitrogen and oxygen atoms in total. The van der Waals surface area contributed by atoms with E-state index in [9.17, 15) is 26.4 Å². The molecule has 0 unspecified atom stereocenters. The Balaban J connectivity index is 1.30. The predicted molar refractivity (Wildman–Crippen MR) is 186 cm³/mol. The van der Waals surface area contributed by atoms with Crippen molar-refractivity contribution in [2.45, 2.75) is 89.1 Å². The molecule has 2 saturated carbocycles. The van der Waals surface area contributed by atoms with Crippen molar-refractivity contribution in [1.82, 2.24) is 9.44 Å². The first-order valence-electron chi connectivity index (χ1n) is 17.1. The largest absolute Gasteiger partial charge is 0.461 e. The molecule has 0 saturated heterocycles. The van der Waals surface area contributed by atoms with Gasteiger partial charge in [0.2, 0.25) is 20.0 Å². The minimum atomic E-state index is -3.62. The third-order valence-corrected chi connectivity index (χ3v) is 12.1. The van der Waals surface area contributed by atoms with Gasteiger partial charge in [0.05, 0.1) is 23.6 Å². The first-order valence-corrected chi connectivity index (χ1v) is 20.4. The fraction of sp³-hybridized carbons (Fsp3) is 0.556. The highest BCUT2D eigenvalue weighted by atomic mass is 32.2. The summed E-state index contributed by atoms with van der Waals surface area (Å²) in [6.07, 6.45) is 12.4. The van der Waals surface area contributed by atoms with E-state index in [1.165, 1.54) is 0 Å². The van der Waals surface area contributed by atoms with E-state index in [0.29, 0.717) is 12.8 Å². The summed E-state index contributed by atoms with van der Waals surface area (Å²) in [6, 6.07) is 17.3. The second kappa shape index (κ2) is 19.2. The van der Waals surface area contributed by atoms with Crippen molar-refractivity contribution in [3.8, 4) is 0 Å². The molecular weight excluding hydrogens is 653 g/mol. The molecule has 4 rings (SSSR count). The van der Waals surface area contributed by atoms with Crippen molar-refractivity contribution in [3.05, 3.63) is 83.9 Å². The van der Waals surface area contributed by atoms with E-state index in [4.69, 9.17) is 9.47 Å². The third-order valence-electron chi connectivity index (χ3n) is 8.91. The van der Waals surface area contributed by atoms with Crippen LogP contribution in [-0.4, -0.2) is 65.6 Å². The molecule has 2 aliphatic carbocycles. The average Bonchev–Trinajstić information content (AvgIpc) is 3.06. The Labute approximate surface area is 286 Å². The molecule has 2 N–H and O–H groups in total. The first kappa shape index (κ1) is 37.8. The van der Waals surface area contributed by atoms with Gasteiger partial charge in [-0.2, -0.15) is 0 Å². The highest BCUT2D eigenvalue weighted by molar-refractivity contribution is 7.89. The molecule has 2 aromatic rings. The maximum absolute atomic E-state index is 13.0. The van der Waals surface area contributed by atoms with Crippen LogP contribution >= 0.6 is 0 Å². The summed E-state index contributed by atoms with van der Waals surface area (Å²) in [5.41, 5.74) is 1.77. The van der Waals surface area contributed by atoms with Gasteiger partial charge in [0, 0.05) is 12.2 Å². The molecule has 0 heterocycles. The van der Waals surface area contributed by atoms with Crippen LogP contribution in [0.15, 0.2) is 72.8 Å². The molecule has 264 valence electrons. The van der Waals surface area contributed by atoms with Crippen LogP contribution in [0.25, 0.3) is 0 Å². The summed E-state index contributed by atoms with van der Waals surface area (Å²) in [6.45, 7) is -0.447. The van der Waals surface area contributed by atoms with Gasteiger partial charge in [-0.25, -0.2) is 35.9 Å². The lowest BCUT2D eigenvalue weighted by atomic mass is 9.91. The van der Waals surface area contributed by atoms with E-state index in [1.807, 2.05) is 60.7 Å². The molecule has 2 fully saturated rings. The zero-order valence-corrected chi connectivity index (χ0v) is 29.3. The van der Waals surface area contributed by atoms with Crippen molar-refractivity contribution in [2.75, 3.05) is 24.7 Å². The van der Waals surface area contributed by atoms with Crippen molar-refractivity contribution >= 4 is 32.0 Å². The van der Waals surface area contributed by atoms with Crippen molar-refractivity contribution in [1.29, 1.82) is 0 Å². The minimum Gasteiger partial charge on any atom is -0.461 e. The number of sulfonamides is 2. The van der Waals surface area contributed by atoms with E-state index >= 15 is 0 Å². The fourth-order valence-electron chi connectivity index (χ4n) is 6.60. The predicted octanol–water partition coefficient (Wildman–Crippen LogP) is 4.85.